The lowest BCUT2D eigenvalue weighted by Crippen LogP contribution is -2.19. The monoisotopic (exact) mass is 418 g/mol. The van der Waals surface area contributed by atoms with Gasteiger partial charge in [-0.2, -0.15) is 0 Å². The summed E-state index contributed by atoms with van der Waals surface area (Å²) in [6.07, 6.45) is 4.92. The highest BCUT2D eigenvalue weighted by atomic mass is 32.2. The molecule has 0 unspecified atom stereocenters. The second kappa shape index (κ2) is 8.20. The molecule has 3 aromatic rings. The summed E-state index contributed by atoms with van der Waals surface area (Å²) in [5.41, 5.74) is 4.24. The quantitative estimate of drug-likeness (QED) is 0.428. The maximum Gasteiger partial charge on any atom is 0.232 e. The Kier molecular flexibility index (Phi) is 5.71. The van der Waals surface area contributed by atoms with Gasteiger partial charge < -0.3 is 0 Å². The van der Waals surface area contributed by atoms with Crippen LogP contribution in [-0.4, -0.2) is 24.9 Å². The number of hydrogen-bond acceptors (Lipinski definition) is 5. The van der Waals surface area contributed by atoms with Crippen LogP contribution in [0.15, 0.2) is 46.8 Å². The first kappa shape index (κ1) is 18.8. The lowest BCUT2D eigenvalue weighted by Gasteiger charge is -2.20. The van der Waals surface area contributed by atoms with Gasteiger partial charge >= 0.3 is 0 Å². The molecule has 0 atom stereocenters. The van der Waals surface area contributed by atoms with Crippen LogP contribution in [-0.2, 0) is 22.9 Å². The lowest BCUT2D eigenvalue weighted by molar-refractivity contribution is 0.600. The molecule has 4 nitrogen and oxygen atoms in total. The van der Waals surface area contributed by atoms with Gasteiger partial charge in [-0.1, -0.05) is 36.0 Å². The summed E-state index contributed by atoms with van der Waals surface area (Å²) in [7, 11) is -3.33. The third-order valence-electron chi connectivity index (χ3n) is 4.72. The number of aryl methyl sites for hydroxylation is 1. The summed E-state index contributed by atoms with van der Waals surface area (Å²) in [6.45, 7) is 0. The topological polar surface area (TPSA) is 59.1 Å². The van der Waals surface area contributed by atoms with Gasteiger partial charge in [0.15, 0.2) is 4.34 Å². The van der Waals surface area contributed by atoms with Crippen molar-refractivity contribution < 1.29 is 8.42 Å². The molecule has 1 N–H and O–H groups in total. The van der Waals surface area contributed by atoms with Crippen molar-refractivity contribution in [2.45, 2.75) is 36.4 Å². The van der Waals surface area contributed by atoms with Crippen LogP contribution < -0.4 is 4.72 Å². The van der Waals surface area contributed by atoms with Crippen molar-refractivity contribution in [3.8, 4) is 0 Å². The highest BCUT2D eigenvalue weighted by molar-refractivity contribution is 8.01. The van der Waals surface area contributed by atoms with E-state index in [2.05, 4.69) is 21.8 Å². The molecule has 0 fully saturated rings. The molecule has 1 aliphatic carbocycles. The number of anilines is 1. The van der Waals surface area contributed by atoms with Gasteiger partial charge in [0.25, 0.3) is 0 Å². The van der Waals surface area contributed by atoms with Crippen molar-refractivity contribution in [2.75, 3.05) is 16.2 Å². The molecule has 1 aliphatic rings. The number of para-hydroxylation sites is 1. The maximum absolute atomic E-state index is 12.5. The highest BCUT2D eigenvalue weighted by Gasteiger charge is 2.17. The van der Waals surface area contributed by atoms with E-state index < -0.39 is 10.0 Å². The molecule has 2 aromatic carbocycles. The highest BCUT2D eigenvalue weighted by Crippen LogP contribution is 2.30. The number of nitrogens with one attached hydrogen (secondary N) is 1. The molecule has 0 aliphatic heterocycles. The summed E-state index contributed by atoms with van der Waals surface area (Å²) in [6, 6.07) is 14.0. The molecule has 1 aromatic heterocycles. The Labute approximate surface area is 168 Å². The van der Waals surface area contributed by atoms with E-state index in [1.165, 1.54) is 22.2 Å². The van der Waals surface area contributed by atoms with Gasteiger partial charge in [0.1, 0.15) is 0 Å². The Morgan fingerprint density at radius 1 is 1.07 bits per heavy atom. The van der Waals surface area contributed by atoms with Gasteiger partial charge in [-0.25, -0.2) is 13.4 Å². The molecule has 0 saturated heterocycles. The van der Waals surface area contributed by atoms with Crippen LogP contribution in [0.4, 0.5) is 5.69 Å². The van der Waals surface area contributed by atoms with Gasteiger partial charge in [0, 0.05) is 5.75 Å². The lowest BCUT2D eigenvalue weighted by atomic mass is 9.91. The third kappa shape index (κ3) is 4.65. The van der Waals surface area contributed by atoms with E-state index in [4.69, 9.17) is 0 Å². The number of thiazole rings is 1. The zero-order valence-electron chi connectivity index (χ0n) is 15.0. The first-order valence-electron chi connectivity index (χ1n) is 9.20. The van der Waals surface area contributed by atoms with E-state index in [0.29, 0.717) is 6.42 Å². The van der Waals surface area contributed by atoms with E-state index in [9.17, 15) is 8.42 Å². The van der Waals surface area contributed by atoms with Gasteiger partial charge in [-0.3, -0.25) is 4.72 Å². The van der Waals surface area contributed by atoms with Crippen LogP contribution >= 0.6 is 23.1 Å². The summed E-state index contributed by atoms with van der Waals surface area (Å²) in [4.78, 5) is 4.58. The maximum atomic E-state index is 12.5. The van der Waals surface area contributed by atoms with Crippen molar-refractivity contribution in [3.63, 3.8) is 0 Å². The number of fused-ring (bicyclic) bond motifs is 2. The van der Waals surface area contributed by atoms with Gasteiger partial charge in [0.2, 0.25) is 10.0 Å². The van der Waals surface area contributed by atoms with Gasteiger partial charge in [-0.05, 0) is 61.4 Å². The molecule has 0 radical (unpaired) electrons. The van der Waals surface area contributed by atoms with Gasteiger partial charge in [-0.15, -0.1) is 11.3 Å². The van der Waals surface area contributed by atoms with E-state index >= 15 is 0 Å². The van der Waals surface area contributed by atoms with Crippen molar-refractivity contribution in [1.82, 2.24) is 4.98 Å². The Hall–Kier alpha value is -1.57. The zero-order valence-corrected chi connectivity index (χ0v) is 17.4. The average Bonchev–Trinajstić information content (AvgIpc) is 3.08. The second-order valence-electron chi connectivity index (χ2n) is 6.72. The van der Waals surface area contributed by atoms with E-state index in [0.717, 1.165) is 40.6 Å². The smallest absolute Gasteiger partial charge is 0.232 e. The normalized spacial score (nSPS) is 14.2. The fourth-order valence-electron chi connectivity index (χ4n) is 3.42. The minimum Gasteiger partial charge on any atom is -0.283 e. The van der Waals surface area contributed by atoms with Crippen LogP contribution in [0.3, 0.4) is 0 Å². The molecule has 4 rings (SSSR count). The molecule has 0 spiro atoms. The Balaban J connectivity index is 1.32. The molecule has 142 valence electrons. The fourth-order valence-corrected chi connectivity index (χ4v) is 6.83. The van der Waals surface area contributed by atoms with Gasteiger partial charge in [0.05, 0.1) is 21.7 Å². The molecule has 27 heavy (non-hydrogen) atoms. The van der Waals surface area contributed by atoms with Crippen molar-refractivity contribution >= 4 is 49.0 Å². The van der Waals surface area contributed by atoms with Crippen molar-refractivity contribution in [1.29, 1.82) is 0 Å². The molecular weight excluding hydrogens is 396 g/mol. The first-order valence-corrected chi connectivity index (χ1v) is 12.7. The zero-order chi connectivity index (χ0) is 18.7. The van der Waals surface area contributed by atoms with E-state index in [1.807, 2.05) is 30.3 Å². The summed E-state index contributed by atoms with van der Waals surface area (Å²) >= 11 is 3.29. The molecule has 0 bridgehead atoms. The minimum atomic E-state index is -3.33. The molecule has 7 heteroatoms. The number of hydrogen-bond donors (Lipinski definition) is 1. The van der Waals surface area contributed by atoms with E-state index in [-0.39, 0.29) is 5.75 Å². The van der Waals surface area contributed by atoms with Crippen LogP contribution in [0.2, 0.25) is 0 Å². The summed E-state index contributed by atoms with van der Waals surface area (Å²) in [5, 5.41) is 0. The van der Waals surface area contributed by atoms with E-state index in [1.54, 1.807) is 23.1 Å². The molecular formula is C20H22N2O2S3. The van der Waals surface area contributed by atoms with Crippen molar-refractivity contribution in [2.24, 2.45) is 0 Å². The standard InChI is InChI=1S/C20H22N2O2S3/c23-27(24,22-17-11-5-8-15-7-1-2-9-16(15)17)14-6-13-25-20-21-18-10-3-4-12-19(18)26-20/h3-5,8,10-12,22H,1-2,6-7,9,13-14H2. The molecule has 0 amide bonds. The Morgan fingerprint density at radius 2 is 1.93 bits per heavy atom. The Morgan fingerprint density at radius 3 is 2.81 bits per heavy atom. The third-order valence-corrected chi connectivity index (χ3v) is 8.34. The van der Waals surface area contributed by atoms with Crippen LogP contribution in [0, 0.1) is 0 Å². The predicted molar refractivity (Wildman–Crippen MR) is 115 cm³/mol. The molecule has 0 saturated carbocycles. The number of benzene rings is 2. The fraction of sp³-hybridized carbons (Fsp3) is 0.350. The second-order valence-corrected chi connectivity index (χ2v) is 10.9. The summed E-state index contributed by atoms with van der Waals surface area (Å²) in [5.74, 6) is 0.877. The molecule has 1 heterocycles. The number of rotatable bonds is 7. The Bertz CT molecular complexity index is 1010. The predicted octanol–water partition coefficient (Wildman–Crippen LogP) is 5.10. The number of aromatic nitrogens is 1. The average molecular weight is 419 g/mol. The van der Waals surface area contributed by atoms with Crippen LogP contribution in [0.1, 0.15) is 30.4 Å². The first-order chi connectivity index (χ1) is 13.1. The largest absolute Gasteiger partial charge is 0.283 e. The number of sulfonamides is 1. The minimum absolute atomic E-state index is 0.133. The van der Waals surface area contributed by atoms with Crippen LogP contribution in [0.25, 0.3) is 10.2 Å². The van der Waals surface area contributed by atoms with Crippen molar-refractivity contribution in [3.05, 3.63) is 53.6 Å². The van der Waals surface area contributed by atoms with Crippen LogP contribution in [0.5, 0.6) is 0 Å². The SMILES string of the molecule is O=S(=O)(CCCSc1nc2ccccc2s1)Nc1cccc2c1CCCC2. The number of thioether (sulfide) groups is 1. The number of nitrogens with zero attached hydrogens (tertiary/aromatic N) is 1. The summed E-state index contributed by atoms with van der Waals surface area (Å²) < 4.78 is 30.0.